The lowest BCUT2D eigenvalue weighted by molar-refractivity contribution is -0.116. The molecule has 0 radical (unpaired) electrons. The first kappa shape index (κ1) is 15.4. The van der Waals surface area contributed by atoms with E-state index in [1.807, 2.05) is 0 Å². The lowest BCUT2D eigenvalue weighted by atomic mass is 10.3. The van der Waals surface area contributed by atoms with Gasteiger partial charge in [0.2, 0.25) is 15.9 Å². The monoisotopic (exact) mass is 330 g/mol. The molecule has 1 rings (SSSR count). The minimum atomic E-state index is -3.72. The van der Waals surface area contributed by atoms with Gasteiger partial charge < -0.3 is 5.73 Å². The van der Waals surface area contributed by atoms with Crippen molar-refractivity contribution in [2.24, 2.45) is 5.73 Å². The highest BCUT2D eigenvalue weighted by Crippen LogP contribution is 2.35. The van der Waals surface area contributed by atoms with Crippen molar-refractivity contribution in [3.05, 3.63) is 27.2 Å². The van der Waals surface area contributed by atoms with E-state index in [0.717, 1.165) is 10.6 Å². The van der Waals surface area contributed by atoms with Crippen LogP contribution in [0.15, 0.2) is 12.1 Å². The van der Waals surface area contributed by atoms with E-state index in [4.69, 9.17) is 40.5 Å². The summed E-state index contributed by atoms with van der Waals surface area (Å²) >= 11 is 17.4. The van der Waals surface area contributed by atoms with Crippen molar-refractivity contribution in [3.63, 3.8) is 0 Å². The molecule has 2 N–H and O–H groups in total. The van der Waals surface area contributed by atoms with Crippen molar-refractivity contribution in [1.82, 2.24) is 0 Å². The highest BCUT2D eigenvalue weighted by Gasteiger charge is 2.23. The van der Waals surface area contributed by atoms with Crippen LogP contribution in [0.1, 0.15) is 0 Å². The standard InChI is InChI=1S/C9H9Cl3N2O3S/c1-18(16,17)14(4-9(13)15)8-3-6(11)5(10)2-7(8)12/h2-3H,4H2,1H3,(H2,13,15). The van der Waals surface area contributed by atoms with Crippen molar-refractivity contribution >= 4 is 56.4 Å². The van der Waals surface area contributed by atoms with Gasteiger partial charge in [-0.1, -0.05) is 34.8 Å². The average Bonchev–Trinajstić information content (AvgIpc) is 2.18. The molecular formula is C9H9Cl3N2O3S. The smallest absolute Gasteiger partial charge is 0.238 e. The number of amides is 1. The van der Waals surface area contributed by atoms with E-state index >= 15 is 0 Å². The molecule has 5 nitrogen and oxygen atoms in total. The van der Waals surface area contributed by atoms with Gasteiger partial charge in [0.25, 0.3) is 0 Å². The number of hydrogen-bond donors (Lipinski definition) is 1. The van der Waals surface area contributed by atoms with E-state index < -0.39 is 22.5 Å². The summed E-state index contributed by atoms with van der Waals surface area (Å²) in [5.41, 5.74) is 5.05. The van der Waals surface area contributed by atoms with Crippen LogP contribution in [0.3, 0.4) is 0 Å². The number of primary amides is 1. The number of nitrogens with zero attached hydrogens (tertiary/aromatic N) is 1. The Hall–Kier alpha value is -0.690. The van der Waals surface area contributed by atoms with Gasteiger partial charge >= 0.3 is 0 Å². The fraction of sp³-hybridized carbons (Fsp3) is 0.222. The van der Waals surface area contributed by atoms with Gasteiger partial charge in [-0.05, 0) is 12.1 Å². The number of sulfonamides is 1. The van der Waals surface area contributed by atoms with E-state index in [9.17, 15) is 13.2 Å². The minimum absolute atomic E-state index is 0.0485. The molecule has 0 atom stereocenters. The fourth-order valence-electron chi connectivity index (χ4n) is 1.23. The molecule has 0 saturated heterocycles. The molecule has 0 heterocycles. The zero-order valence-electron chi connectivity index (χ0n) is 9.15. The summed E-state index contributed by atoms with van der Waals surface area (Å²) in [5.74, 6) is -0.817. The molecule has 9 heteroatoms. The Balaban J connectivity index is 3.39. The number of carbonyl (C=O) groups excluding carboxylic acids is 1. The van der Waals surface area contributed by atoms with Crippen molar-refractivity contribution < 1.29 is 13.2 Å². The van der Waals surface area contributed by atoms with Gasteiger partial charge in [-0.2, -0.15) is 0 Å². The quantitative estimate of drug-likeness (QED) is 0.856. The number of halogens is 3. The van der Waals surface area contributed by atoms with Crippen LogP contribution in [0.25, 0.3) is 0 Å². The van der Waals surface area contributed by atoms with Gasteiger partial charge in [0.15, 0.2) is 0 Å². The molecular weight excluding hydrogens is 323 g/mol. The zero-order chi connectivity index (χ0) is 14.1. The van der Waals surface area contributed by atoms with E-state index in [0.29, 0.717) is 0 Å². The van der Waals surface area contributed by atoms with Gasteiger partial charge in [0.05, 0.1) is 27.0 Å². The fourth-order valence-corrected chi connectivity index (χ4v) is 2.79. The summed E-state index contributed by atoms with van der Waals surface area (Å²) in [6.45, 7) is -0.531. The summed E-state index contributed by atoms with van der Waals surface area (Å²) in [6, 6.07) is 2.55. The Kier molecular flexibility index (Phi) is 4.72. The van der Waals surface area contributed by atoms with Crippen LogP contribution in [-0.2, 0) is 14.8 Å². The maximum atomic E-state index is 11.6. The first-order chi connectivity index (χ1) is 8.12. The van der Waals surface area contributed by atoms with Crippen molar-refractivity contribution in [2.45, 2.75) is 0 Å². The van der Waals surface area contributed by atoms with E-state index in [-0.39, 0.29) is 20.8 Å². The van der Waals surface area contributed by atoms with E-state index in [1.165, 1.54) is 12.1 Å². The molecule has 0 bridgehead atoms. The largest absolute Gasteiger partial charge is 0.368 e. The van der Waals surface area contributed by atoms with Crippen LogP contribution in [-0.4, -0.2) is 27.1 Å². The number of hydrogen-bond acceptors (Lipinski definition) is 3. The topological polar surface area (TPSA) is 80.5 Å². The third-order valence-corrected chi connectivity index (χ3v) is 4.11. The number of carbonyl (C=O) groups is 1. The highest BCUT2D eigenvalue weighted by molar-refractivity contribution is 7.92. The van der Waals surface area contributed by atoms with Crippen LogP contribution < -0.4 is 10.0 Å². The Labute approximate surface area is 119 Å². The summed E-state index contributed by atoms with van der Waals surface area (Å²) in [4.78, 5) is 10.9. The normalized spacial score (nSPS) is 11.3. The Morgan fingerprint density at radius 3 is 2.17 bits per heavy atom. The SMILES string of the molecule is CS(=O)(=O)N(CC(N)=O)c1cc(Cl)c(Cl)cc1Cl. The molecule has 0 fully saturated rings. The lowest BCUT2D eigenvalue weighted by Gasteiger charge is -2.22. The zero-order valence-corrected chi connectivity index (χ0v) is 12.2. The maximum Gasteiger partial charge on any atom is 0.238 e. The first-order valence-corrected chi connectivity index (χ1v) is 7.51. The van der Waals surface area contributed by atoms with Crippen LogP contribution in [0.4, 0.5) is 5.69 Å². The van der Waals surface area contributed by atoms with Gasteiger partial charge in [-0.15, -0.1) is 0 Å². The molecule has 100 valence electrons. The van der Waals surface area contributed by atoms with Crippen LogP contribution >= 0.6 is 34.8 Å². The van der Waals surface area contributed by atoms with Crippen molar-refractivity contribution in [1.29, 1.82) is 0 Å². The van der Waals surface area contributed by atoms with E-state index in [1.54, 1.807) is 0 Å². The van der Waals surface area contributed by atoms with E-state index in [2.05, 4.69) is 0 Å². The highest BCUT2D eigenvalue weighted by atomic mass is 35.5. The summed E-state index contributed by atoms with van der Waals surface area (Å²) in [7, 11) is -3.72. The predicted molar refractivity (Wildman–Crippen MR) is 72.9 cm³/mol. The second kappa shape index (κ2) is 5.52. The molecule has 0 aliphatic carbocycles. The predicted octanol–water partition coefficient (Wildman–Crippen LogP) is 1.90. The Morgan fingerprint density at radius 1 is 1.22 bits per heavy atom. The van der Waals surface area contributed by atoms with Crippen molar-refractivity contribution in [2.75, 3.05) is 17.1 Å². The number of anilines is 1. The number of benzene rings is 1. The van der Waals surface area contributed by atoms with Crippen LogP contribution in [0.2, 0.25) is 15.1 Å². The molecule has 1 aromatic rings. The molecule has 1 amide bonds. The van der Waals surface area contributed by atoms with Crippen LogP contribution in [0, 0.1) is 0 Å². The van der Waals surface area contributed by atoms with Gasteiger partial charge in [-0.25, -0.2) is 8.42 Å². The molecule has 0 aromatic heterocycles. The number of rotatable bonds is 4. The third-order valence-electron chi connectivity index (χ3n) is 1.96. The molecule has 0 aliphatic rings. The molecule has 18 heavy (non-hydrogen) atoms. The Morgan fingerprint density at radius 2 is 1.72 bits per heavy atom. The summed E-state index contributed by atoms with van der Waals surface area (Å²) in [5, 5.41) is 0.350. The van der Waals surface area contributed by atoms with Gasteiger partial charge in [-0.3, -0.25) is 9.10 Å². The Bertz CT molecular complexity index is 589. The summed E-state index contributed by atoms with van der Waals surface area (Å²) < 4.78 is 24.0. The van der Waals surface area contributed by atoms with Crippen molar-refractivity contribution in [3.8, 4) is 0 Å². The summed E-state index contributed by atoms with van der Waals surface area (Å²) in [6.07, 6.45) is 0.925. The minimum Gasteiger partial charge on any atom is -0.368 e. The second-order valence-electron chi connectivity index (χ2n) is 3.45. The molecule has 0 aliphatic heterocycles. The van der Waals surface area contributed by atoms with Gasteiger partial charge in [0, 0.05) is 0 Å². The second-order valence-corrected chi connectivity index (χ2v) is 6.58. The number of nitrogens with two attached hydrogens (primary N) is 1. The lowest BCUT2D eigenvalue weighted by Crippen LogP contribution is -2.38. The molecule has 0 unspecified atom stereocenters. The third kappa shape index (κ3) is 3.65. The molecule has 0 saturated carbocycles. The van der Waals surface area contributed by atoms with Crippen LogP contribution in [0.5, 0.6) is 0 Å². The molecule has 0 spiro atoms. The van der Waals surface area contributed by atoms with Gasteiger partial charge in [0.1, 0.15) is 6.54 Å². The molecule has 1 aromatic carbocycles. The average molecular weight is 332 g/mol. The first-order valence-electron chi connectivity index (χ1n) is 4.53. The maximum absolute atomic E-state index is 11.6.